The zero-order chi connectivity index (χ0) is 29.1. The molecule has 0 saturated heterocycles. The first-order chi connectivity index (χ1) is 20.4. The normalized spacial score (nSPS) is 11.2. The number of thioether (sulfide) groups is 2. The number of fused-ring (bicyclic) bond motifs is 2. The SMILES string of the molecule is Cc1ccc(NC(=O)CSc2nc3ccc(NC(=O)CSc4nc5ccccc5n4-c4ccccc4)cc3s2)c(C)c1. The molecule has 2 heterocycles. The fraction of sp³-hybridized carbons (Fsp3) is 0.125. The second-order valence-corrected chi connectivity index (χ2v) is 12.9. The second kappa shape index (κ2) is 12.4. The Morgan fingerprint density at radius 2 is 1.55 bits per heavy atom. The summed E-state index contributed by atoms with van der Waals surface area (Å²) in [5.74, 6) is 0.292. The zero-order valence-electron chi connectivity index (χ0n) is 23.0. The number of benzene rings is 4. The van der Waals surface area contributed by atoms with Gasteiger partial charge in [-0.2, -0.15) is 0 Å². The first kappa shape index (κ1) is 28.0. The van der Waals surface area contributed by atoms with Crippen LogP contribution in [0.3, 0.4) is 0 Å². The van der Waals surface area contributed by atoms with E-state index in [1.54, 1.807) is 0 Å². The van der Waals surface area contributed by atoms with Crippen molar-refractivity contribution >= 4 is 79.3 Å². The molecule has 6 aromatic rings. The first-order valence-corrected chi connectivity index (χ1v) is 16.1. The highest BCUT2D eigenvalue weighted by atomic mass is 32.2. The van der Waals surface area contributed by atoms with Crippen molar-refractivity contribution in [2.24, 2.45) is 0 Å². The van der Waals surface area contributed by atoms with Gasteiger partial charge in [0.1, 0.15) is 0 Å². The lowest BCUT2D eigenvalue weighted by Crippen LogP contribution is -2.14. The predicted octanol–water partition coefficient (Wildman–Crippen LogP) is 7.71. The van der Waals surface area contributed by atoms with Crippen molar-refractivity contribution in [3.63, 3.8) is 0 Å². The van der Waals surface area contributed by atoms with Gasteiger partial charge in [-0.1, -0.05) is 71.6 Å². The predicted molar refractivity (Wildman–Crippen MR) is 175 cm³/mol. The van der Waals surface area contributed by atoms with Crippen LogP contribution in [0.15, 0.2) is 100 Å². The lowest BCUT2D eigenvalue weighted by atomic mass is 10.1. The summed E-state index contributed by atoms with van der Waals surface area (Å²) in [6.07, 6.45) is 0. The Morgan fingerprint density at radius 1 is 0.786 bits per heavy atom. The summed E-state index contributed by atoms with van der Waals surface area (Å²) in [7, 11) is 0. The standard InChI is InChI=1S/C32H27N5O2S3/c1-20-12-14-24(21(2)16-20)34-30(39)19-41-32-36-26-15-13-22(17-28(26)42-32)33-29(38)18-40-31-35-25-10-6-7-11-27(25)37(31)23-8-4-3-5-9-23/h3-17H,18-19H2,1-2H3,(H,33,38)(H,34,39). The zero-order valence-corrected chi connectivity index (χ0v) is 25.4. The molecule has 2 aromatic heterocycles. The van der Waals surface area contributed by atoms with Gasteiger partial charge >= 0.3 is 0 Å². The largest absolute Gasteiger partial charge is 0.325 e. The number of aryl methyl sites for hydroxylation is 2. The number of anilines is 2. The van der Waals surface area contributed by atoms with Crippen molar-refractivity contribution in [2.75, 3.05) is 22.1 Å². The van der Waals surface area contributed by atoms with Gasteiger partial charge in [-0.15, -0.1) is 11.3 Å². The fourth-order valence-electron chi connectivity index (χ4n) is 4.56. The van der Waals surface area contributed by atoms with Crippen LogP contribution in [0.5, 0.6) is 0 Å². The number of aromatic nitrogens is 3. The topological polar surface area (TPSA) is 88.9 Å². The third kappa shape index (κ3) is 6.35. The number of imidazole rings is 1. The molecule has 7 nitrogen and oxygen atoms in total. The van der Waals surface area contributed by atoms with Crippen molar-refractivity contribution < 1.29 is 9.59 Å². The van der Waals surface area contributed by atoms with Crippen LogP contribution in [0.25, 0.3) is 26.9 Å². The molecule has 0 radical (unpaired) electrons. The van der Waals surface area contributed by atoms with Gasteiger partial charge in [0.15, 0.2) is 9.50 Å². The molecule has 10 heteroatoms. The Morgan fingerprint density at radius 3 is 2.38 bits per heavy atom. The Labute approximate surface area is 255 Å². The third-order valence-corrected chi connectivity index (χ3v) is 9.61. The molecule has 0 unspecified atom stereocenters. The smallest absolute Gasteiger partial charge is 0.234 e. The molecule has 0 atom stereocenters. The van der Waals surface area contributed by atoms with Crippen molar-refractivity contribution in [3.8, 4) is 5.69 Å². The van der Waals surface area contributed by atoms with Gasteiger partial charge in [0.2, 0.25) is 11.8 Å². The van der Waals surface area contributed by atoms with Crippen LogP contribution in [0.2, 0.25) is 0 Å². The molecule has 210 valence electrons. The van der Waals surface area contributed by atoms with E-state index in [4.69, 9.17) is 4.98 Å². The average Bonchev–Trinajstić information content (AvgIpc) is 3.57. The van der Waals surface area contributed by atoms with E-state index in [1.165, 1.54) is 34.9 Å². The highest BCUT2D eigenvalue weighted by Crippen LogP contribution is 2.32. The number of nitrogens with zero attached hydrogens (tertiary/aromatic N) is 3. The maximum atomic E-state index is 12.9. The van der Waals surface area contributed by atoms with E-state index in [0.717, 1.165) is 53.2 Å². The first-order valence-electron chi connectivity index (χ1n) is 13.3. The molecule has 0 fully saturated rings. The van der Waals surface area contributed by atoms with Crippen LogP contribution in [-0.2, 0) is 9.59 Å². The summed E-state index contributed by atoms with van der Waals surface area (Å²) < 4.78 is 3.83. The van der Waals surface area contributed by atoms with Crippen LogP contribution in [0, 0.1) is 13.8 Å². The molecule has 0 spiro atoms. The molecule has 0 aliphatic heterocycles. The highest BCUT2D eigenvalue weighted by molar-refractivity contribution is 8.01. The van der Waals surface area contributed by atoms with Crippen LogP contribution in [-0.4, -0.2) is 37.9 Å². The van der Waals surface area contributed by atoms with Gasteiger partial charge in [0.25, 0.3) is 0 Å². The Kier molecular flexibility index (Phi) is 8.27. The van der Waals surface area contributed by atoms with Crippen molar-refractivity contribution in [2.45, 2.75) is 23.3 Å². The van der Waals surface area contributed by atoms with Gasteiger partial charge in [0.05, 0.1) is 32.8 Å². The molecule has 4 aromatic carbocycles. The number of carbonyl (C=O) groups is 2. The second-order valence-electron chi connectivity index (χ2n) is 9.71. The minimum absolute atomic E-state index is 0.0718. The number of amides is 2. The maximum absolute atomic E-state index is 12.9. The van der Waals surface area contributed by atoms with Gasteiger partial charge in [-0.05, 0) is 67.9 Å². The van der Waals surface area contributed by atoms with Gasteiger partial charge in [0, 0.05) is 17.1 Å². The van der Waals surface area contributed by atoms with E-state index in [0.29, 0.717) is 5.69 Å². The molecule has 6 rings (SSSR count). The van der Waals surface area contributed by atoms with E-state index in [9.17, 15) is 9.59 Å². The lowest BCUT2D eigenvalue weighted by molar-refractivity contribution is -0.114. The summed E-state index contributed by atoms with van der Waals surface area (Å²) in [4.78, 5) is 34.9. The molecule has 0 saturated carbocycles. The van der Waals surface area contributed by atoms with E-state index in [1.807, 2.05) is 105 Å². The highest BCUT2D eigenvalue weighted by Gasteiger charge is 2.15. The number of thiazole rings is 1. The third-order valence-electron chi connectivity index (χ3n) is 6.51. The molecular formula is C32H27N5O2S3. The molecule has 0 aliphatic carbocycles. The average molecular weight is 610 g/mol. The molecule has 2 N–H and O–H groups in total. The van der Waals surface area contributed by atoms with Crippen molar-refractivity contribution in [1.82, 2.24) is 14.5 Å². The monoisotopic (exact) mass is 609 g/mol. The minimum Gasteiger partial charge on any atom is -0.325 e. The number of rotatable bonds is 9. The summed E-state index contributed by atoms with van der Waals surface area (Å²) in [5.41, 5.74) is 7.45. The lowest BCUT2D eigenvalue weighted by Gasteiger charge is -2.09. The summed E-state index contributed by atoms with van der Waals surface area (Å²) in [5, 5.41) is 6.74. The van der Waals surface area contributed by atoms with Gasteiger partial charge < -0.3 is 10.6 Å². The molecule has 0 bridgehead atoms. The number of hydrogen-bond donors (Lipinski definition) is 2. The van der Waals surface area contributed by atoms with Crippen molar-refractivity contribution in [1.29, 1.82) is 0 Å². The maximum Gasteiger partial charge on any atom is 0.234 e. The van der Waals surface area contributed by atoms with E-state index in [-0.39, 0.29) is 23.3 Å². The minimum atomic E-state index is -0.117. The quantitative estimate of drug-likeness (QED) is 0.163. The molecular weight excluding hydrogens is 583 g/mol. The summed E-state index contributed by atoms with van der Waals surface area (Å²) in [6.45, 7) is 4.02. The summed E-state index contributed by atoms with van der Waals surface area (Å²) in [6, 6.07) is 29.6. The van der Waals surface area contributed by atoms with Crippen molar-refractivity contribution in [3.05, 3.63) is 102 Å². The van der Waals surface area contributed by atoms with Gasteiger partial charge in [-0.25, -0.2) is 9.97 Å². The van der Waals surface area contributed by atoms with Crippen LogP contribution in [0.4, 0.5) is 11.4 Å². The number of para-hydroxylation sites is 3. The fourth-order valence-corrected chi connectivity index (χ4v) is 7.30. The van der Waals surface area contributed by atoms with E-state index in [2.05, 4.69) is 20.2 Å². The molecule has 0 aliphatic rings. The Hall–Kier alpha value is -4.12. The number of carbonyl (C=O) groups excluding carboxylic acids is 2. The van der Waals surface area contributed by atoms with Gasteiger partial charge in [-0.3, -0.25) is 14.2 Å². The van der Waals surface area contributed by atoms with Crippen LogP contribution >= 0.6 is 34.9 Å². The molecule has 42 heavy (non-hydrogen) atoms. The van der Waals surface area contributed by atoms with E-state index >= 15 is 0 Å². The Bertz CT molecular complexity index is 1920. The Balaban J connectivity index is 1.08. The summed E-state index contributed by atoms with van der Waals surface area (Å²) >= 11 is 4.31. The van der Waals surface area contributed by atoms with Crippen LogP contribution in [0.1, 0.15) is 11.1 Å². The number of hydrogen-bond acceptors (Lipinski definition) is 7. The molecule has 2 amide bonds. The number of nitrogens with one attached hydrogen (secondary N) is 2. The van der Waals surface area contributed by atoms with Crippen LogP contribution < -0.4 is 10.6 Å². The van der Waals surface area contributed by atoms with E-state index < -0.39 is 0 Å².